The van der Waals surface area contributed by atoms with Gasteiger partial charge in [-0.2, -0.15) is 13.2 Å². The van der Waals surface area contributed by atoms with Gasteiger partial charge in [0.05, 0.1) is 10.9 Å². The Kier molecular flexibility index (Phi) is 4.51. The van der Waals surface area contributed by atoms with Crippen LogP contribution in [0.4, 0.5) is 18.9 Å². The number of amidine groups is 1. The number of hydrogen-bond acceptors (Lipinski definition) is 3. The minimum absolute atomic E-state index is 0.0806. The monoisotopic (exact) mass is 321 g/mol. The molecule has 0 saturated carbocycles. The maximum atomic E-state index is 12.8. The Morgan fingerprint density at radius 3 is 2.71 bits per heavy atom. The second kappa shape index (κ2) is 6.01. The summed E-state index contributed by atoms with van der Waals surface area (Å²) in [7, 11) is 0. The molecular formula is C13H15ClF3N3O. The number of oxime groups is 1. The van der Waals surface area contributed by atoms with Crippen LogP contribution in [0.1, 0.15) is 18.4 Å². The zero-order chi connectivity index (χ0) is 15.6. The first-order valence-electron chi connectivity index (χ1n) is 6.42. The molecule has 1 aliphatic heterocycles. The number of rotatable bonds is 2. The van der Waals surface area contributed by atoms with E-state index in [2.05, 4.69) is 5.16 Å². The second-order valence-electron chi connectivity index (χ2n) is 4.98. The molecule has 0 bridgehead atoms. The average molecular weight is 322 g/mol. The smallest absolute Gasteiger partial charge is 0.393 e. The van der Waals surface area contributed by atoms with Gasteiger partial charge < -0.3 is 15.8 Å². The summed E-state index contributed by atoms with van der Waals surface area (Å²) in [5.41, 5.74) is 6.40. The summed E-state index contributed by atoms with van der Waals surface area (Å²) in [6, 6.07) is 4.69. The average Bonchev–Trinajstić information content (AvgIpc) is 2.45. The highest BCUT2D eigenvalue weighted by molar-refractivity contribution is 6.34. The van der Waals surface area contributed by atoms with Gasteiger partial charge in [-0.25, -0.2) is 0 Å². The zero-order valence-corrected chi connectivity index (χ0v) is 11.8. The first-order valence-corrected chi connectivity index (χ1v) is 6.80. The van der Waals surface area contributed by atoms with Crippen LogP contribution in [0, 0.1) is 5.92 Å². The van der Waals surface area contributed by atoms with Crippen molar-refractivity contribution in [1.29, 1.82) is 0 Å². The number of alkyl halides is 3. The molecule has 1 aliphatic rings. The number of benzene rings is 1. The van der Waals surface area contributed by atoms with Crippen LogP contribution in [0.5, 0.6) is 0 Å². The van der Waals surface area contributed by atoms with Crippen molar-refractivity contribution < 1.29 is 18.4 Å². The third-order valence-corrected chi connectivity index (χ3v) is 3.90. The second-order valence-corrected chi connectivity index (χ2v) is 5.38. The van der Waals surface area contributed by atoms with Gasteiger partial charge in [-0.3, -0.25) is 0 Å². The maximum Gasteiger partial charge on any atom is 0.393 e. The summed E-state index contributed by atoms with van der Waals surface area (Å²) in [6.07, 6.45) is -3.56. The summed E-state index contributed by atoms with van der Waals surface area (Å²) >= 11 is 6.03. The van der Waals surface area contributed by atoms with Crippen LogP contribution >= 0.6 is 11.6 Å². The van der Waals surface area contributed by atoms with Gasteiger partial charge in [0.15, 0.2) is 5.84 Å². The Labute approximate surface area is 125 Å². The largest absolute Gasteiger partial charge is 0.409 e. The normalized spacial score (nSPS) is 20.7. The molecule has 116 valence electrons. The van der Waals surface area contributed by atoms with Crippen LogP contribution < -0.4 is 10.6 Å². The fourth-order valence-electron chi connectivity index (χ4n) is 2.44. The lowest BCUT2D eigenvalue weighted by atomic mass is 9.97. The van der Waals surface area contributed by atoms with Crippen LogP contribution in [0.15, 0.2) is 23.4 Å². The SMILES string of the molecule is NC(=NO)c1ccc(N2CCCC(C(F)(F)F)C2)cc1Cl. The molecule has 1 heterocycles. The number of piperidine rings is 1. The van der Waals surface area contributed by atoms with Crippen LogP contribution in [0.25, 0.3) is 0 Å². The molecule has 1 atom stereocenters. The van der Waals surface area contributed by atoms with Crippen LogP contribution in [0.2, 0.25) is 5.02 Å². The number of nitrogens with zero attached hydrogens (tertiary/aromatic N) is 2. The van der Waals surface area contributed by atoms with Crippen LogP contribution in [-0.4, -0.2) is 30.3 Å². The van der Waals surface area contributed by atoms with Crippen molar-refractivity contribution in [3.8, 4) is 0 Å². The molecule has 0 radical (unpaired) electrons. The predicted octanol–water partition coefficient (Wildman–Crippen LogP) is 3.21. The quantitative estimate of drug-likeness (QED) is 0.380. The lowest BCUT2D eigenvalue weighted by Crippen LogP contribution is -2.41. The Morgan fingerprint density at radius 1 is 1.43 bits per heavy atom. The van der Waals surface area contributed by atoms with Gasteiger partial charge in [0.2, 0.25) is 0 Å². The van der Waals surface area contributed by atoms with Crippen molar-refractivity contribution in [3.05, 3.63) is 28.8 Å². The molecule has 21 heavy (non-hydrogen) atoms. The van der Waals surface area contributed by atoms with E-state index in [1.165, 1.54) is 12.1 Å². The third kappa shape index (κ3) is 3.53. The van der Waals surface area contributed by atoms with Crippen molar-refractivity contribution in [3.63, 3.8) is 0 Å². The van der Waals surface area contributed by atoms with Crippen molar-refractivity contribution in [1.82, 2.24) is 0 Å². The van der Waals surface area contributed by atoms with E-state index < -0.39 is 12.1 Å². The number of nitrogens with two attached hydrogens (primary N) is 1. The highest BCUT2D eigenvalue weighted by atomic mass is 35.5. The fourth-order valence-corrected chi connectivity index (χ4v) is 2.71. The fraction of sp³-hybridized carbons (Fsp3) is 0.462. The zero-order valence-electron chi connectivity index (χ0n) is 11.1. The highest BCUT2D eigenvalue weighted by Gasteiger charge is 2.41. The third-order valence-electron chi connectivity index (χ3n) is 3.59. The summed E-state index contributed by atoms with van der Waals surface area (Å²) < 4.78 is 38.4. The number of hydrogen-bond donors (Lipinski definition) is 2. The molecule has 1 aromatic carbocycles. The van der Waals surface area contributed by atoms with E-state index in [1.807, 2.05) is 0 Å². The molecule has 3 N–H and O–H groups in total. The van der Waals surface area contributed by atoms with E-state index in [0.29, 0.717) is 24.2 Å². The molecule has 1 saturated heterocycles. The molecule has 1 unspecified atom stereocenters. The van der Waals surface area contributed by atoms with Gasteiger partial charge >= 0.3 is 6.18 Å². The number of halogens is 4. The van der Waals surface area contributed by atoms with Gasteiger partial charge in [0, 0.05) is 24.3 Å². The minimum Gasteiger partial charge on any atom is -0.409 e. The molecular weight excluding hydrogens is 307 g/mol. The molecule has 0 spiro atoms. The van der Waals surface area contributed by atoms with Crippen molar-refractivity contribution in [2.45, 2.75) is 19.0 Å². The summed E-state index contributed by atoms with van der Waals surface area (Å²) in [6.45, 7) is 0.467. The summed E-state index contributed by atoms with van der Waals surface area (Å²) in [5.74, 6) is -1.47. The molecule has 0 aliphatic carbocycles. The van der Waals surface area contributed by atoms with E-state index in [1.54, 1.807) is 11.0 Å². The highest BCUT2D eigenvalue weighted by Crippen LogP contribution is 2.35. The summed E-state index contributed by atoms with van der Waals surface area (Å²) in [4.78, 5) is 1.66. The lowest BCUT2D eigenvalue weighted by Gasteiger charge is -2.35. The molecule has 4 nitrogen and oxygen atoms in total. The van der Waals surface area contributed by atoms with E-state index in [-0.39, 0.29) is 23.8 Å². The van der Waals surface area contributed by atoms with Gasteiger partial charge in [-0.15, -0.1) is 0 Å². The van der Waals surface area contributed by atoms with Crippen LogP contribution in [0.3, 0.4) is 0 Å². The molecule has 0 aromatic heterocycles. The van der Waals surface area contributed by atoms with Gasteiger partial charge in [-0.1, -0.05) is 16.8 Å². The minimum atomic E-state index is -4.18. The topological polar surface area (TPSA) is 61.9 Å². The van der Waals surface area contributed by atoms with Crippen molar-refractivity contribution >= 4 is 23.1 Å². The molecule has 8 heteroatoms. The van der Waals surface area contributed by atoms with E-state index >= 15 is 0 Å². The van der Waals surface area contributed by atoms with Gasteiger partial charge in [-0.05, 0) is 31.0 Å². The Morgan fingerprint density at radius 2 is 2.14 bits per heavy atom. The van der Waals surface area contributed by atoms with Crippen molar-refractivity contribution in [2.24, 2.45) is 16.8 Å². The molecule has 2 rings (SSSR count). The molecule has 1 fully saturated rings. The Bertz CT molecular complexity index is 548. The first kappa shape index (κ1) is 15.8. The van der Waals surface area contributed by atoms with Crippen molar-refractivity contribution in [2.75, 3.05) is 18.0 Å². The maximum absolute atomic E-state index is 12.8. The Hall–Kier alpha value is -1.63. The molecule has 0 amide bonds. The Balaban J connectivity index is 2.21. The van der Waals surface area contributed by atoms with E-state index in [4.69, 9.17) is 22.5 Å². The van der Waals surface area contributed by atoms with E-state index in [9.17, 15) is 13.2 Å². The van der Waals surface area contributed by atoms with Crippen LogP contribution in [-0.2, 0) is 0 Å². The molecule has 1 aromatic rings. The van der Waals surface area contributed by atoms with E-state index in [0.717, 1.165) is 0 Å². The first-order chi connectivity index (χ1) is 9.82. The number of anilines is 1. The standard InChI is InChI=1S/C13H15ClF3N3O/c14-11-6-9(3-4-10(11)12(18)19-21)20-5-1-2-8(7-20)13(15,16)17/h3-4,6,8,21H,1-2,5,7H2,(H2,18,19). The lowest BCUT2D eigenvalue weighted by molar-refractivity contribution is -0.175. The van der Waals surface area contributed by atoms with Gasteiger partial charge in [0.1, 0.15) is 0 Å². The van der Waals surface area contributed by atoms with Gasteiger partial charge in [0.25, 0.3) is 0 Å². The predicted molar refractivity (Wildman–Crippen MR) is 75.0 cm³/mol. The summed E-state index contributed by atoms with van der Waals surface area (Å²) in [5, 5.41) is 11.7.